The van der Waals surface area contributed by atoms with Crippen molar-refractivity contribution in [2.45, 2.75) is 31.7 Å². The van der Waals surface area contributed by atoms with E-state index in [0.29, 0.717) is 0 Å². The summed E-state index contributed by atoms with van der Waals surface area (Å²) in [6.07, 6.45) is 3.85. The summed E-state index contributed by atoms with van der Waals surface area (Å²) in [4.78, 5) is 14.2. The first-order valence-corrected chi connectivity index (χ1v) is 6.90. The van der Waals surface area contributed by atoms with Gasteiger partial charge in [-0.2, -0.15) is 0 Å². The van der Waals surface area contributed by atoms with Crippen LogP contribution in [0.2, 0.25) is 0 Å². The van der Waals surface area contributed by atoms with E-state index in [1.807, 2.05) is 43.3 Å². The number of amides is 1. The first-order chi connectivity index (χ1) is 9.06. The Morgan fingerprint density at radius 3 is 2.84 bits per heavy atom. The molecular formula is C15H23N3O. The molecule has 3 N–H and O–H groups in total. The molecule has 0 heterocycles. The molecule has 1 amide bonds. The average Bonchev–Trinajstić information content (AvgIpc) is 2.39. The SMILES string of the molecule is CN(C)c1cccc(NC(=O)C2CCCC(N)C2)c1. The van der Waals surface area contributed by atoms with Gasteiger partial charge in [-0.05, 0) is 37.5 Å². The van der Waals surface area contributed by atoms with Crippen LogP contribution in [0.3, 0.4) is 0 Å². The highest BCUT2D eigenvalue weighted by molar-refractivity contribution is 5.93. The first kappa shape index (κ1) is 13.9. The number of nitrogens with one attached hydrogen (secondary N) is 1. The molecule has 0 spiro atoms. The summed E-state index contributed by atoms with van der Waals surface area (Å²) in [5, 5.41) is 3.01. The maximum atomic E-state index is 12.2. The summed E-state index contributed by atoms with van der Waals surface area (Å²) in [7, 11) is 3.97. The van der Waals surface area contributed by atoms with Crippen molar-refractivity contribution >= 4 is 17.3 Å². The number of rotatable bonds is 3. The van der Waals surface area contributed by atoms with Crippen LogP contribution in [-0.2, 0) is 4.79 Å². The number of carbonyl (C=O) groups is 1. The minimum Gasteiger partial charge on any atom is -0.378 e. The van der Waals surface area contributed by atoms with E-state index in [9.17, 15) is 4.79 Å². The van der Waals surface area contributed by atoms with Gasteiger partial charge in [0.1, 0.15) is 0 Å². The van der Waals surface area contributed by atoms with E-state index in [1.54, 1.807) is 0 Å². The molecule has 1 aliphatic carbocycles. The van der Waals surface area contributed by atoms with E-state index in [1.165, 1.54) is 0 Å². The van der Waals surface area contributed by atoms with Crippen LogP contribution < -0.4 is 16.0 Å². The lowest BCUT2D eigenvalue weighted by Crippen LogP contribution is -2.34. The van der Waals surface area contributed by atoms with Gasteiger partial charge in [-0.15, -0.1) is 0 Å². The summed E-state index contributed by atoms with van der Waals surface area (Å²) in [5.41, 5.74) is 7.87. The molecule has 0 bridgehead atoms. The maximum absolute atomic E-state index is 12.2. The van der Waals surface area contributed by atoms with Gasteiger partial charge >= 0.3 is 0 Å². The van der Waals surface area contributed by atoms with E-state index >= 15 is 0 Å². The zero-order chi connectivity index (χ0) is 13.8. The Labute approximate surface area is 115 Å². The molecule has 1 aliphatic rings. The van der Waals surface area contributed by atoms with E-state index in [0.717, 1.165) is 37.1 Å². The van der Waals surface area contributed by atoms with E-state index in [4.69, 9.17) is 5.73 Å². The molecule has 1 aromatic carbocycles. The smallest absolute Gasteiger partial charge is 0.227 e. The fourth-order valence-corrected chi connectivity index (χ4v) is 2.57. The van der Waals surface area contributed by atoms with Crippen LogP contribution in [-0.4, -0.2) is 26.0 Å². The second-order valence-electron chi connectivity index (χ2n) is 5.56. The van der Waals surface area contributed by atoms with Crippen molar-refractivity contribution in [1.82, 2.24) is 0 Å². The minimum atomic E-state index is 0.0618. The van der Waals surface area contributed by atoms with Gasteiger partial charge < -0.3 is 16.0 Å². The third kappa shape index (κ3) is 3.70. The summed E-state index contributed by atoms with van der Waals surface area (Å²) in [5.74, 6) is 0.165. The fourth-order valence-electron chi connectivity index (χ4n) is 2.57. The topological polar surface area (TPSA) is 58.4 Å². The molecule has 1 aromatic rings. The van der Waals surface area contributed by atoms with Gasteiger partial charge in [0.05, 0.1) is 0 Å². The number of benzene rings is 1. The average molecular weight is 261 g/mol. The summed E-state index contributed by atoms with van der Waals surface area (Å²) in [6, 6.07) is 8.07. The van der Waals surface area contributed by atoms with Crippen molar-refractivity contribution in [1.29, 1.82) is 0 Å². The Morgan fingerprint density at radius 1 is 1.37 bits per heavy atom. The van der Waals surface area contributed by atoms with Crippen LogP contribution in [0, 0.1) is 5.92 Å². The van der Waals surface area contributed by atoms with Crippen LogP contribution in [0.5, 0.6) is 0 Å². The lowest BCUT2D eigenvalue weighted by Gasteiger charge is -2.25. The second-order valence-corrected chi connectivity index (χ2v) is 5.56. The number of hydrogen-bond donors (Lipinski definition) is 2. The highest BCUT2D eigenvalue weighted by Crippen LogP contribution is 2.25. The first-order valence-electron chi connectivity index (χ1n) is 6.90. The van der Waals surface area contributed by atoms with Gasteiger partial charge in [-0.25, -0.2) is 0 Å². The largest absolute Gasteiger partial charge is 0.378 e. The summed E-state index contributed by atoms with van der Waals surface area (Å²) < 4.78 is 0. The third-order valence-electron chi connectivity index (χ3n) is 3.72. The van der Waals surface area contributed by atoms with Gasteiger partial charge in [0, 0.05) is 37.4 Å². The standard InChI is InChI=1S/C15H23N3O/c1-18(2)14-8-4-7-13(10-14)17-15(19)11-5-3-6-12(16)9-11/h4,7-8,10-12H,3,5-6,9,16H2,1-2H3,(H,17,19). The maximum Gasteiger partial charge on any atom is 0.227 e. The number of nitrogens with two attached hydrogens (primary N) is 1. The molecule has 104 valence electrons. The zero-order valence-electron chi connectivity index (χ0n) is 11.7. The molecule has 4 nitrogen and oxygen atoms in total. The van der Waals surface area contributed by atoms with Crippen LogP contribution in [0.4, 0.5) is 11.4 Å². The Hall–Kier alpha value is -1.55. The second kappa shape index (κ2) is 6.06. The Balaban J connectivity index is 2.00. The molecule has 0 saturated heterocycles. The van der Waals surface area contributed by atoms with Crippen molar-refractivity contribution < 1.29 is 4.79 Å². The van der Waals surface area contributed by atoms with Crippen LogP contribution in [0.25, 0.3) is 0 Å². The number of hydrogen-bond acceptors (Lipinski definition) is 3. The lowest BCUT2D eigenvalue weighted by molar-refractivity contribution is -0.120. The predicted molar refractivity (Wildman–Crippen MR) is 79.3 cm³/mol. The lowest BCUT2D eigenvalue weighted by atomic mass is 9.85. The van der Waals surface area contributed by atoms with Gasteiger partial charge in [0.15, 0.2) is 0 Å². The van der Waals surface area contributed by atoms with Crippen LogP contribution >= 0.6 is 0 Å². The van der Waals surface area contributed by atoms with Crippen molar-refractivity contribution in [3.8, 4) is 0 Å². The number of nitrogens with zero attached hydrogens (tertiary/aromatic N) is 1. The molecule has 2 rings (SSSR count). The van der Waals surface area contributed by atoms with E-state index in [-0.39, 0.29) is 17.9 Å². The summed E-state index contributed by atoms with van der Waals surface area (Å²) >= 11 is 0. The van der Waals surface area contributed by atoms with Crippen LogP contribution in [0.1, 0.15) is 25.7 Å². The molecule has 0 aromatic heterocycles. The Kier molecular flexibility index (Phi) is 4.43. The van der Waals surface area contributed by atoms with Gasteiger partial charge in [0.2, 0.25) is 5.91 Å². The molecule has 2 unspecified atom stereocenters. The quantitative estimate of drug-likeness (QED) is 0.877. The number of anilines is 2. The monoisotopic (exact) mass is 261 g/mol. The van der Waals surface area contributed by atoms with E-state index in [2.05, 4.69) is 5.32 Å². The predicted octanol–water partition coefficient (Wildman–Crippen LogP) is 2.21. The normalized spacial score (nSPS) is 22.9. The van der Waals surface area contributed by atoms with Crippen molar-refractivity contribution in [2.24, 2.45) is 11.7 Å². The van der Waals surface area contributed by atoms with Crippen molar-refractivity contribution in [3.63, 3.8) is 0 Å². The molecular weight excluding hydrogens is 238 g/mol. The highest BCUT2D eigenvalue weighted by Gasteiger charge is 2.25. The molecule has 19 heavy (non-hydrogen) atoms. The van der Waals surface area contributed by atoms with Crippen LogP contribution in [0.15, 0.2) is 24.3 Å². The molecule has 1 fully saturated rings. The molecule has 1 saturated carbocycles. The minimum absolute atomic E-state index is 0.0618. The highest BCUT2D eigenvalue weighted by atomic mass is 16.1. The molecule has 0 radical (unpaired) electrons. The third-order valence-corrected chi connectivity index (χ3v) is 3.72. The van der Waals surface area contributed by atoms with Crippen molar-refractivity contribution in [3.05, 3.63) is 24.3 Å². The van der Waals surface area contributed by atoms with Gasteiger partial charge in [0.25, 0.3) is 0 Å². The zero-order valence-corrected chi connectivity index (χ0v) is 11.7. The van der Waals surface area contributed by atoms with Crippen molar-refractivity contribution in [2.75, 3.05) is 24.3 Å². The summed E-state index contributed by atoms with van der Waals surface area (Å²) in [6.45, 7) is 0. The van der Waals surface area contributed by atoms with Gasteiger partial charge in [-0.3, -0.25) is 4.79 Å². The van der Waals surface area contributed by atoms with Gasteiger partial charge in [-0.1, -0.05) is 12.5 Å². The Morgan fingerprint density at radius 2 is 2.16 bits per heavy atom. The fraction of sp³-hybridized carbons (Fsp3) is 0.533. The van der Waals surface area contributed by atoms with E-state index < -0.39 is 0 Å². The molecule has 4 heteroatoms. The molecule has 2 atom stereocenters. The molecule has 0 aliphatic heterocycles. The number of carbonyl (C=O) groups excluding carboxylic acids is 1. The Bertz CT molecular complexity index is 445.